The third kappa shape index (κ3) is 3.12. The Morgan fingerprint density at radius 1 is 1.15 bits per heavy atom. The molecule has 0 atom stereocenters. The summed E-state index contributed by atoms with van der Waals surface area (Å²) < 4.78 is 1.74. The minimum absolute atomic E-state index is 0.185. The van der Waals surface area contributed by atoms with Gasteiger partial charge in [0.1, 0.15) is 23.2 Å². The fourth-order valence-electron chi connectivity index (χ4n) is 2.88. The molecule has 4 heterocycles. The van der Waals surface area contributed by atoms with Crippen LogP contribution >= 0.6 is 0 Å². The molecule has 4 rings (SSSR count). The van der Waals surface area contributed by atoms with E-state index < -0.39 is 0 Å². The Kier molecular flexibility index (Phi) is 4.07. The fraction of sp³-hybridized carbons (Fsp3) is 0.0500. The average Bonchev–Trinajstić information content (AvgIpc) is 3.10. The molecular formula is C20H14N6O. The van der Waals surface area contributed by atoms with Crippen LogP contribution in [0, 0.1) is 11.3 Å². The molecule has 7 heteroatoms. The Labute approximate surface area is 155 Å². The molecule has 1 N–H and O–H groups in total. The molecule has 0 aliphatic rings. The third-order valence-corrected chi connectivity index (χ3v) is 4.03. The Hall–Kier alpha value is -4.05. The SMILES string of the molecule is CC(=O)Nc1cccc(-c2ncccc2-c2ccc3ncc(C#N)n3c2)n1. The van der Waals surface area contributed by atoms with Crippen LogP contribution < -0.4 is 5.32 Å². The summed E-state index contributed by atoms with van der Waals surface area (Å²) in [6.07, 6.45) is 5.10. The fourth-order valence-corrected chi connectivity index (χ4v) is 2.88. The van der Waals surface area contributed by atoms with Crippen molar-refractivity contribution in [3.63, 3.8) is 0 Å². The molecule has 0 saturated carbocycles. The standard InChI is InChI=1S/C20H14N6O/c1-13(27)24-18-6-2-5-17(25-18)20-16(4-3-9-22-20)14-7-8-19-23-11-15(10-21)26(19)12-14/h2-9,11-12H,1H3,(H,24,25,27). The van der Waals surface area contributed by atoms with Gasteiger partial charge in [0.05, 0.1) is 17.6 Å². The molecule has 0 spiro atoms. The van der Waals surface area contributed by atoms with Crippen LogP contribution in [0.3, 0.4) is 0 Å². The number of nitrogens with zero attached hydrogens (tertiary/aromatic N) is 5. The molecule has 1 amide bonds. The Morgan fingerprint density at radius 3 is 2.85 bits per heavy atom. The van der Waals surface area contributed by atoms with Gasteiger partial charge in [-0.2, -0.15) is 5.26 Å². The van der Waals surface area contributed by atoms with E-state index in [0.29, 0.717) is 28.5 Å². The van der Waals surface area contributed by atoms with Gasteiger partial charge in [-0.15, -0.1) is 0 Å². The van der Waals surface area contributed by atoms with Crippen molar-refractivity contribution in [2.24, 2.45) is 0 Å². The van der Waals surface area contributed by atoms with E-state index in [2.05, 4.69) is 26.3 Å². The minimum Gasteiger partial charge on any atom is -0.311 e. The number of hydrogen-bond donors (Lipinski definition) is 1. The van der Waals surface area contributed by atoms with E-state index in [-0.39, 0.29) is 5.91 Å². The van der Waals surface area contributed by atoms with E-state index in [1.165, 1.54) is 6.92 Å². The van der Waals surface area contributed by atoms with Gasteiger partial charge in [0, 0.05) is 30.4 Å². The molecule has 27 heavy (non-hydrogen) atoms. The molecule has 4 aromatic rings. The van der Waals surface area contributed by atoms with Crippen molar-refractivity contribution < 1.29 is 4.79 Å². The van der Waals surface area contributed by atoms with E-state index in [4.69, 9.17) is 0 Å². The number of pyridine rings is 3. The first-order valence-corrected chi connectivity index (χ1v) is 8.23. The molecule has 0 unspecified atom stereocenters. The van der Waals surface area contributed by atoms with Crippen molar-refractivity contribution in [2.45, 2.75) is 6.92 Å². The van der Waals surface area contributed by atoms with Crippen LogP contribution in [0.5, 0.6) is 0 Å². The maximum absolute atomic E-state index is 11.3. The van der Waals surface area contributed by atoms with Gasteiger partial charge in [-0.25, -0.2) is 9.97 Å². The first kappa shape index (κ1) is 16.4. The quantitative estimate of drug-likeness (QED) is 0.609. The zero-order chi connectivity index (χ0) is 18.8. The second-order valence-corrected chi connectivity index (χ2v) is 5.89. The summed E-state index contributed by atoms with van der Waals surface area (Å²) in [5.74, 6) is 0.281. The lowest BCUT2D eigenvalue weighted by Gasteiger charge is -2.10. The molecular weight excluding hydrogens is 340 g/mol. The van der Waals surface area contributed by atoms with Crippen LogP contribution in [0.4, 0.5) is 5.82 Å². The Balaban J connectivity index is 1.85. The van der Waals surface area contributed by atoms with Crippen LogP contribution in [0.1, 0.15) is 12.6 Å². The summed E-state index contributed by atoms with van der Waals surface area (Å²) in [7, 11) is 0. The van der Waals surface area contributed by atoms with Crippen LogP contribution in [0.2, 0.25) is 0 Å². The van der Waals surface area contributed by atoms with Crippen LogP contribution in [0.25, 0.3) is 28.2 Å². The highest BCUT2D eigenvalue weighted by Crippen LogP contribution is 2.30. The molecule has 0 saturated heterocycles. The predicted molar refractivity (Wildman–Crippen MR) is 101 cm³/mol. The van der Waals surface area contributed by atoms with Crippen molar-refractivity contribution >= 4 is 17.4 Å². The highest BCUT2D eigenvalue weighted by Gasteiger charge is 2.12. The summed E-state index contributed by atoms with van der Waals surface area (Å²) in [4.78, 5) is 24.5. The molecule has 0 radical (unpaired) electrons. The van der Waals surface area contributed by atoms with Crippen LogP contribution in [-0.2, 0) is 4.79 Å². The number of aromatic nitrogens is 4. The van der Waals surface area contributed by atoms with Crippen molar-refractivity contribution in [1.29, 1.82) is 5.26 Å². The number of amides is 1. The Morgan fingerprint density at radius 2 is 2.04 bits per heavy atom. The molecule has 7 nitrogen and oxygen atoms in total. The summed E-state index contributed by atoms with van der Waals surface area (Å²) in [6, 6.07) is 15.1. The lowest BCUT2D eigenvalue weighted by atomic mass is 10.0. The number of carbonyl (C=O) groups is 1. The molecule has 130 valence electrons. The van der Waals surface area contributed by atoms with Gasteiger partial charge < -0.3 is 5.32 Å². The number of rotatable bonds is 3. The second kappa shape index (κ2) is 6.69. The predicted octanol–water partition coefficient (Wildman–Crippen LogP) is 3.29. The number of fused-ring (bicyclic) bond motifs is 1. The van der Waals surface area contributed by atoms with E-state index in [1.54, 1.807) is 22.9 Å². The highest BCUT2D eigenvalue weighted by molar-refractivity contribution is 5.88. The van der Waals surface area contributed by atoms with Crippen molar-refractivity contribution in [3.05, 3.63) is 66.7 Å². The molecule has 0 aromatic carbocycles. The molecule has 0 bridgehead atoms. The van der Waals surface area contributed by atoms with Gasteiger partial charge in [0.15, 0.2) is 0 Å². The van der Waals surface area contributed by atoms with Crippen molar-refractivity contribution in [3.8, 4) is 28.6 Å². The van der Waals surface area contributed by atoms with Gasteiger partial charge in [0.2, 0.25) is 5.91 Å². The van der Waals surface area contributed by atoms with Crippen molar-refractivity contribution in [1.82, 2.24) is 19.4 Å². The summed E-state index contributed by atoms with van der Waals surface area (Å²) in [5, 5.41) is 11.9. The van der Waals surface area contributed by atoms with Gasteiger partial charge in [-0.05, 0) is 30.3 Å². The smallest absolute Gasteiger partial charge is 0.222 e. The van der Waals surface area contributed by atoms with E-state index in [1.807, 2.05) is 42.6 Å². The highest BCUT2D eigenvalue weighted by atomic mass is 16.1. The maximum atomic E-state index is 11.3. The average molecular weight is 354 g/mol. The van der Waals surface area contributed by atoms with Gasteiger partial charge >= 0.3 is 0 Å². The topological polar surface area (TPSA) is 96.0 Å². The zero-order valence-corrected chi connectivity index (χ0v) is 14.4. The molecule has 0 fully saturated rings. The third-order valence-electron chi connectivity index (χ3n) is 4.03. The number of nitrogens with one attached hydrogen (secondary N) is 1. The summed E-state index contributed by atoms with van der Waals surface area (Å²) in [5.41, 5.74) is 4.23. The van der Waals surface area contributed by atoms with E-state index in [9.17, 15) is 10.1 Å². The molecule has 0 aliphatic heterocycles. The van der Waals surface area contributed by atoms with E-state index >= 15 is 0 Å². The first-order valence-electron chi connectivity index (χ1n) is 8.23. The van der Waals surface area contributed by atoms with Gasteiger partial charge in [-0.3, -0.25) is 14.2 Å². The molecule has 4 aromatic heterocycles. The number of imidazole rings is 1. The van der Waals surface area contributed by atoms with Gasteiger partial charge in [0.25, 0.3) is 0 Å². The minimum atomic E-state index is -0.185. The van der Waals surface area contributed by atoms with Crippen LogP contribution in [-0.4, -0.2) is 25.3 Å². The number of carbonyl (C=O) groups excluding carboxylic acids is 1. The van der Waals surface area contributed by atoms with Crippen LogP contribution in [0.15, 0.2) is 61.1 Å². The summed E-state index contributed by atoms with van der Waals surface area (Å²) >= 11 is 0. The second-order valence-electron chi connectivity index (χ2n) is 5.89. The normalized spacial score (nSPS) is 10.5. The summed E-state index contributed by atoms with van der Waals surface area (Å²) in [6.45, 7) is 1.44. The number of anilines is 1. The van der Waals surface area contributed by atoms with Crippen molar-refractivity contribution in [2.75, 3.05) is 5.32 Å². The lowest BCUT2D eigenvalue weighted by molar-refractivity contribution is -0.114. The molecule has 0 aliphatic carbocycles. The zero-order valence-electron chi connectivity index (χ0n) is 14.4. The maximum Gasteiger partial charge on any atom is 0.222 e. The Bertz CT molecular complexity index is 1200. The number of hydrogen-bond acceptors (Lipinski definition) is 5. The van der Waals surface area contributed by atoms with E-state index in [0.717, 1.165) is 11.1 Å². The monoisotopic (exact) mass is 354 g/mol. The number of nitriles is 1. The first-order chi connectivity index (χ1) is 13.2. The lowest BCUT2D eigenvalue weighted by Crippen LogP contribution is -2.07. The van der Waals surface area contributed by atoms with Gasteiger partial charge in [-0.1, -0.05) is 12.1 Å². The largest absolute Gasteiger partial charge is 0.311 e.